The van der Waals surface area contributed by atoms with Crippen LogP contribution in [-0.4, -0.2) is 36.2 Å². The zero-order valence-electron chi connectivity index (χ0n) is 13.2. The van der Waals surface area contributed by atoms with Crippen molar-refractivity contribution in [2.45, 2.75) is 28.2 Å². The fraction of sp³-hybridized carbons (Fsp3) is 0.308. The van der Waals surface area contributed by atoms with Gasteiger partial charge in [-0.3, -0.25) is 4.55 Å². The standard InChI is InChI=1S/C9H6O2S.C4HF9O3S/c10-9-4-2-6-1-3-7(12)5-8(6)11-9;5-1(6,3(9,10)11)2(7,8)4(12,13)17(14,15)16/h1-5,12H;(H,14,15,16). The molecule has 0 atom stereocenters. The van der Waals surface area contributed by atoms with E-state index in [1.165, 1.54) is 6.07 Å². The van der Waals surface area contributed by atoms with Crippen molar-refractivity contribution in [2.75, 3.05) is 0 Å². The topological polar surface area (TPSA) is 84.6 Å². The molecule has 2 aromatic rings. The summed E-state index contributed by atoms with van der Waals surface area (Å²) < 4.78 is 139. The zero-order valence-corrected chi connectivity index (χ0v) is 14.9. The van der Waals surface area contributed by atoms with E-state index in [0.717, 1.165) is 10.3 Å². The number of fused-ring (bicyclic) bond motifs is 1. The summed E-state index contributed by atoms with van der Waals surface area (Å²) >= 11 is 4.13. The molecule has 0 radical (unpaired) electrons. The summed E-state index contributed by atoms with van der Waals surface area (Å²) in [5.41, 5.74) is 0.247. The van der Waals surface area contributed by atoms with Gasteiger partial charge in [-0.15, -0.1) is 12.6 Å². The highest BCUT2D eigenvalue weighted by Gasteiger charge is 2.85. The highest BCUT2D eigenvalue weighted by atomic mass is 32.2. The van der Waals surface area contributed by atoms with Crippen molar-refractivity contribution in [2.24, 2.45) is 0 Å². The molecule has 0 aliphatic rings. The molecule has 0 spiro atoms. The van der Waals surface area contributed by atoms with Crippen LogP contribution in [0.3, 0.4) is 0 Å². The zero-order chi connectivity index (χ0) is 23.1. The van der Waals surface area contributed by atoms with Crippen LogP contribution in [0.5, 0.6) is 0 Å². The third kappa shape index (κ3) is 4.80. The Morgan fingerprint density at radius 3 is 1.79 bits per heavy atom. The Kier molecular flexibility index (Phi) is 6.68. The summed E-state index contributed by atoms with van der Waals surface area (Å²) in [7, 11) is -7.17. The van der Waals surface area contributed by atoms with Crippen LogP contribution in [-0.2, 0) is 10.1 Å². The summed E-state index contributed by atoms with van der Waals surface area (Å²) in [5.74, 6) is -14.7. The van der Waals surface area contributed by atoms with E-state index >= 15 is 0 Å². The van der Waals surface area contributed by atoms with Gasteiger partial charge in [-0.2, -0.15) is 47.9 Å². The molecule has 2 rings (SSSR count). The van der Waals surface area contributed by atoms with Crippen molar-refractivity contribution in [3.8, 4) is 0 Å². The molecule has 0 unspecified atom stereocenters. The van der Waals surface area contributed by atoms with E-state index in [0.29, 0.717) is 5.58 Å². The Hall–Kier alpha value is -1.94. The minimum atomic E-state index is -7.37. The Bertz CT molecular complexity index is 1040. The van der Waals surface area contributed by atoms with Gasteiger partial charge in [0, 0.05) is 16.3 Å². The summed E-state index contributed by atoms with van der Waals surface area (Å²) in [6, 6.07) is 8.57. The molecule has 1 aromatic heterocycles. The Morgan fingerprint density at radius 2 is 1.34 bits per heavy atom. The molecule has 1 aromatic carbocycles. The molecule has 0 saturated carbocycles. The molecule has 0 amide bonds. The van der Waals surface area contributed by atoms with Gasteiger partial charge in [0.15, 0.2) is 0 Å². The monoisotopic (exact) mass is 478 g/mol. The van der Waals surface area contributed by atoms with Crippen LogP contribution in [0.15, 0.2) is 44.4 Å². The molecule has 0 aliphatic heterocycles. The lowest BCUT2D eigenvalue weighted by molar-refractivity contribution is -0.382. The van der Waals surface area contributed by atoms with Gasteiger partial charge < -0.3 is 4.42 Å². The van der Waals surface area contributed by atoms with Gasteiger partial charge >= 0.3 is 39.0 Å². The van der Waals surface area contributed by atoms with Crippen LogP contribution < -0.4 is 5.63 Å². The summed E-state index contributed by atoms with van der Waals surface area (Å²) in [6.07, 6.45) is -7.13. The molecule has 29 heavy (non-hydrogen) atoms. The molecular formula is C13H7F9O5S2. The fourth-order valence-corrected chi connectivity index (χ4v) is 2.22. The highest BCUT2D eigenvalue weighted by molar-refractivity contribution is 7.87. The van der Waals surface area contributed by atoms with E-state index in [9.17, 15) is 52.7 Å². The quantitative estimate of drug-likeness (QED) is 0.296. The van der Waals surface area contributed by atoms with Crippen molar-refractivity contribution in [1.29, 1.82) is 0 Å². The first-order chi connectivity index (χ1) is 12.8. The van der Waals surface area contributed by atoms with Crippen LogP contribution in [0, 0.1) is 0 Å². The predicted molar refractivity (Wildman–Crippen MR) is 82.2 cm³/mol. The van der Waals surface area contributed by atoms with Crippen molar-refractivity contribution < 1.29 is 56.9 Å². The first kappa shape index (κ1) is 25.1. The number of alkyl halides is 9. The maximum Gasteiger partial charge on any atom is 0.460 e. The van der Waals surface area contributed by atoms with E-state index in [4.69, 9.17) is 8.97 Å². The van der Waals surface area contributed by atoms with Crippen LogP contribution in [0.25, 0.3) is 11.0 Å². The molecule has 1 heterocycles. The summed E-state index contributed by atoms with van der Waals surface area (Å²) in [5, 5.41) is -6.09. The maximum atomic E-state index is 12.2. The lowest BCUT2D eigenvalue weighted by Crippen LogP contribution is -2.63. The van der Waals surface area contributed by atoms with Gasteiger partial charge in [-0.05, 0) is 18.2 Å². The van der Waals surface area contributed by atoms with Gasteiger partial charge in [0.1, 0.15) is 5.58 Å². The minimum absolute atomic E-state index is 0.332. The van der Waals surface area contributed by atoms with Crippen molar-refractivity contribution in [1.82, 2.24) is 0 Å². The number of benzene rings is 1. The van der Waals surface area contributed by atoms with E-state index in [1.807, 2.05) is 12.1 Å². The van der Waals surface area contributed by atoms with Gasteiger partial charge in [-0.25, -0.2) is 4.79 Å². The van der Waals surface area contributed by atoms with Crippen LogP contribution in [0.2, 0.25) is 0 Å². The molecule has 1 N–H and O–H groups in total. The van der Waals surface area contributed by atoms with E-state index in [1.54, 1.807) is 12.1 Å². The lowest BCUT2D eigenvalue weighted by atomic mass is 10.1. The number of hydrogen-bond acceptors (Lipinski definition) is 5. The number of thiol groups is 1. The Morgan fingerprint density at radius 1 is 0.862 bits per heavy atom. The molecule has 0 fully saturated rings. The van der Waals surface area contributed by atoms with Crippen LogP contribution in [0.1, 0.15) is 0 Å². The second-order valence-corrected chi connectivity index (χ2v) is 7.09. The van der Waals surface area contributed by atoms with Gasteiger partial charge in [-0.1, -0.05) is 6.07 Å². The summed E-state index contributed by atoms with van der Waals surface area (Å²) in [6.45, 7) is 0. The number of halogens is 9. The van der Waals surface area contributed by atoms with E-state index in [-0.39, 0.29) is 5.63 Å². The molecular weight excluding hydrogens is 471 g/mol. The Balaban J connectivity index is 0.000000304. The van der Waals surface area contributed by atoms with Crippen LogP contribution >= 0.6 is 12.6 Å². The smallest absolute Gasteiger partial charge is 0.423 e. The summed E-state index contributed by atoms with van der Waals surface area (Å²) in [4.78, 5) is 11.6. The molecule has 0 bridgehead atoms. The maximum absolute atomic E-state index is 12.2. The SMILES string of the molecule is O=S(=O)(O)C(F)(F)C(F)(F)C(F)(F)C(F)(F)F.O=c1ccc2ccc(S)cc2o1. The molecule has 5 nitrogen and oxygen atoms in total. The van der Waals surface area contributed by atoms with E-state index < -0.39 is 33.4 Å². The third-order valence-electron chi connectivity index (χ3n) is 3.05. The normalized spacial score (nSPS) is 13.8. The van der Waals surface area contributed by atoms with Crippen molar-refractivity contribution in [3.63, 3.8) is 0 Å². The largest absolute Gasteiger partial charge is 0.460 e. The molecule has 0 aliphatic carbocycles. The molecule has 164 valence electrons. The minimum Gasteiger partial charge on any atom is -0.423 e. The second kappa shape index (κ2) is 7.71. The molecule has 16 heteroatoms. The van der Waals surface area contributed by atoms with Crippen LogP contribution in [0.4, 0.5) is 39.5 Å². The predicted octanol–water partition coefficient (Wildman–Crippen LogP) is 4.38. The van der Waals surface area contributed by atoms with Crippen molar-refractivity contribution >= 4 is 33.7 Å². The first-order valence-corrected chi connectivity index (χ1v) is 8.54. The van der Waals surface area contributed by atoms with Gasteiger partial charge in [0.25, 0.3) is 0 Å². The number of hydrogen-bond donors (Lipinski definition) is 2. The highest BCUT2D eigenvalue weighted by Crippen LogP contribution is 2.54. The Labute approximate surface area is 160 Å². The average molecular weight is 478 g/mol. The van der Waals surface area contributed by atoms with Gasteiger partial charge in [0.05, 0.1) is 0 Å². The average Bonchev–Trinajstić information content (AvgIpc) is 2.52. The fourth-order valence-electron chi connectivity index (χ4n) is 1.57. The lowest BCUT2D eigenvalue weighted by Gasteiger charge is -2.31. The third-order valence-corrected chi connectivity index (χ3v) is 4.23. The number of rotatable bonds is 3. The van der Waals surface area contributed by atoms with Crippen molar-refractivity contribution in [3.05, 3.63) is 40.8 Å². The van der Waals surface area contributed by atoms with Gasteiger partial charge in [0.2, 0.25) is 0 Å². The first-order valence-electron chi connectivity index (χ1n) is 6.66. The second-order valence-electron chi connectivity index (χ2n) is 5.11. The van der Waals surface area contributed by atoms with E-state index in [2.05, 4.69) is 12.6 Å². The molecule has 0 saturated heterocycles.